The summed E-state index contributed by atoms with van der Waals surface area (Å²) in [6, 6.07) is 6.43. The molecule has 0 unspecified atom stereocenters. The van der Waals surface area contributed by atoms with Gasteiger partial charge in [-0.15, -0.1) is 0 Å². The van der Waals surface area contributed by atoms with Gasteiger partial charge in [-0.25, -0.2) is 15.0 Å². The maximum atomic E-state index is 11.6. The maximum absolute atomic E-state index is 11.6. The number of pyridine rings is 2. The number of hydroxylamine groups is 2. The molecule has 2 aromatic heterocycles. The zero-order valence-corrected chi connectivity index (χ0v) is 23.9. The van der Waals surface area contributed by atoms with E-state index in [1.807, 2.05) is 13.8 Å². The van der Waals surface area contributed by atoms with Crippen LogP contribution in [0.25, 0.3) is 0 Å². The minimum atomic E-state index is -0.302. The first-order valence-electron chi connectivity index (χ1n) is 10.7. The number of carbonyl (C=O) groups is 4. The molecule has 0 radical (unpaired) electrons. The third kappa shape index (κ3) is 18.3. The number of hydrogen-bond donors (Lipinski definition) is 2. The van der Waals surface area contributed by atoms with E-state index in [2.05, 4.69) is 27.5 Å². The molecule has 0 aliphatic rings. The monoisotopic (exact) mass is 547 g/mol. The van der Waals surface area contributed by atoms with Gasteiger partial charge < -0.3 is 30.0 Å². The molecule has 3 amide bonds. The third-order valence-electron chi connectivity index (χ3n) is 3.74. The van der Waals surface area contributed by atoms with E-state index in [1.54, 1.807) is 24.3 Å². The minimum absolute atomic E-state index is 0. The molecule has 2 rings (SSSR count). The van der Waals surface area contributed by atoms with E-state index in [0.29, 0.717) is 29.2 Å². The Balaban J connectivity index is -0.000000248. The Bertz CT molecular complexity index is 928. The van der Waals surface area contributed by atoms with E-state index in [4.69, 9.17) is 4.84 Å². The molecular weight excluding hydrogens is 510 g/mol. The fraction of sp³-hybridized carbons (Fsp3) is 0.400. The zero-order valence-electron chi connectivity index (χ0n) is 21.8. The van der Waals surface area contributed by atoms with Gasteiger partial charge in [0.1, 0.15) is 11.6 Å². The summed E-state index contributed by atoms with van der Waals surface area (Å²) >= 11 is 0. The number of amides is 3. The van der Waals surface area contributed by atoms with Gasteiger partial charge in [-0.05, 0) is 30.7 Å². The van der Waals surface area contributed by atoms with E-state index in [9.17, 15) is 19.2 Å². The zero-order chi connectivity index (χ0) is 26.1. The van der Waals surface area contributed by atoms with Gasteiger partial charge in [0.05, 0.1) is 12.7 Å². The molecule has 0 aliphatic carbocycles. The van der Waals surface area contributed by atoms with Gasteiger partial charge in [0.15, 0.2) is 5.78 Å². The van der Waals surface area contributed by atoms with Crippen molar-refractivity contribution in [1.29, 1.82) is 0 Å². The van der Waals surface area contributed by atoms with Crippen LogP contribution in [0.15, 0.2) is 36.7 Å². The van der Waals surface area contributed by atoms with Crippen molar-refractivity contribution in [3.8, 4) is 0 Å². The van der Waals surface area contributed by atoms with Gasteiger partial charge >= 0.3 is 23.1 Å². The van der Waals surface area contributed by atoms with Crippen LogP contribution in [0.2, 0.25) is 0 Å². The number of aromatic nitrogens is 2. The Kier molecular flexibility index (Phi) is 26.7. The molecule has 0 atom stereocenters. The molecule has 0 saturated heterocycles. The Labute approximate surface area is 242 Å². The molecule has 0 saturated carbocycles. The fourth-order valence-electron chi connectivity index (χ4n) is 2.22. The number of anilines is 2. The second-order valence-corrected chi connectivity index (χ2v) is 6.88. The van der Waals surface area contributed by atoms with Crippen molar-refractivity contribution in [1.82, 2.24) is 15.0 Å². The van der Waals surface area contributed by atoms with Crippen molar-refractivity contribution in [2.75, 3.05) is 24.8 Å². The molecule has 2 heterocycles. The number of nitrogens with zero attached hydrogens (tertiary/aromatic N) is 3. The predicted octanol–water partition coefficient (Wildman–Crippen LogP) is 1.19. The maximum Gasteiger partial charge on any atom is 2.00 e. The first kappa shape index (κ1) is 41.5. The van der Waals surface area contributed by atoms with Crippen LogP contribution in [0, 0.1) is 6.92 Å². The van der Waals surface area contributed by atoms with Crippen molar-refractivity contribution in [3.63, 3.8) is 0 Å². The standard InChI is InChI=1S/C11H14N2O2.C10H13N3O3.C3H7.CH4.ClH.Mg/c1-3-4-10(15)9-5-6-11(12-7-9)13-8(2)14;1-7(14)12-9-5-4-8(6-11-9)10(15)13(2)16-3;1-3-2;;;/h5-7H,3-4H2,1-2H3,(H,12,13,14);4-6H,1-3H3,(H,11,12,14);1,3H2,2H3;1H4;1H;/q;;-1;;;+2/p-1. The van der Waals surface area contributed by atoms with Crippen LogP contribution >= 0.6 is 0 Å². The summed E-state index contributed by atoms with van der Waals surface area (Å²) < 4.78 is 0. The summed E-state index contributed by atoms with van der Waals surface area (Å²) in [5, 5.41) is 6.14. The number of rotatable bonds is 7. The molecule has 0 spiro atoms. The van der Waals surface area contributed by atoms with Gasteiger partial charge in [-0.1, -0.05) is 21.3 Å². The van der Waals surface area contributed by atoms with E-state index >= 15 is 0 Å². The normalized spacial score (nSPS) is 8.62. The third-order valence-corrected chi connectivity index (χ3v) is 3.74. The molecule has 10 nitrogen and oxygen atoms in total. The quantitative estimate of drug-likeness (QED) is 0.230. The summed E-state index contributed by atoms with van der Waals surface area (Å²) in [6.45, 7) is 10.3. The number of nitrogens with one attached hydrogen (secondary N) is 2. The summed E-state index contributed by atoms with van der Waals surface area (Å²) in [6.07, 6.45) is 5.22. The summed E-state index contributed by atoms with van der Waals surface area (Å²) in [4.78, 5) is 57.1. The molecule has 0 fully saturated rings. The first-order valence-corrected chi connectivity index (χ1v) is 10.7. The number of carbonyl (C=O) groups excluding carboxylic acids is 4. The smallest absolute Gasteiger partial charge is 1.00 e. The van der Waals surface area contributed by atoms with E-state index in [-0.39, 0.29) is 66.4 Å². The first-order chi connectivity index (χ1) is 16.1. The van der Waals surface area contributed by atoms with Crippen LogP contribution in [-0.2, 0) is 14.4 Å². The van der Waals surface area contributed by atoms with Crippen molar-refractivity contribution < 1.29 is 36.4 Å². The molecule has 12 heteroatoms. The van der Waals surface area contributed by atoms with Crippen LogP contribution < -0.4 is 23.0 Å². The van der Waals surface area contributed by atoms with Crippen LogP contribution in [0.5, 0.6) is 0 Å². The predicted molar refractivity (Wildman–Crippen MR) is 144 cm³/mol. The molecule has 202 valence electrons. The van der Waals surface area contributed by atoms with Crippen LogP contribution in [0.4, 0.5) is 11.6 Å². The van der Waals surface area contributed by atoms with Gasteiger partial charge in [0, 0.05) is 45.3 Å². The SMILES string of the molecule is C.CCCC(=O)c1ccc(NC(C)=O)nc1.CON(C)C(=O)c1ccc(NC(C)=O)nc1.[CH2-]CC.[Cl-].[Mg+2]. The average Bonchev–Trinajstić information content (AvgIpc) is 2.79. The molecule has 37 heavy (non-hydrogen) atoms. The Morgan fingerprint density at radius 3 is 1.62 bits per heavy atom. The molecule has 2 N–H and O–H groups in total. The van der Waals surface area contributed by atoms with Crippen molar-refractivity contribution >= 4 is 58.2 Å². The number of ketones is 1. The van der Waals surface area contributed by atoms with Crippen molar-refractivity contribution in [2.45, 2.75) is 54.4 Å². The van der Waals surface area contributed by atoms with Gasteiger partial charge in [-0.2, -0.15) is 6.42 Å². The van der Waals surface area contributed by atoms with Crippen molar-refractivity contribution in [2.24, 2.45) is 0 Å². The Morgan fingerprint density at radius 1 is 0.919 bits per heavy atom. The van der Waals surface area contributed by atoms with Crippen molar-refractivity contribution in [3.05, 3.63) is 54.7 Å². The molecule has 2 aromatic rings. The molecule has 0 aliphatic heterocycles. The van der Waals surface area contributed by atoms with Crippen LogP contribution in [0.1, 0.15) is 75.1 Å². The van der Waals surface area contributed by atoms with Gasteiger partial charge in [0.2, 0.25) is 11.8 Å². The minimum Gasteiger partial charge on any atom is -1.00 e. The summed E-state index contributed by atoms with van der Waals surface area (Å²) in [5.74, 6) is 0.277. The number of hydrogen-bond acceptors (Lipinski definition) is 7. The van der Waals surface area contributed by atoms with E-state index in [0.717, 1.165) is 17.9 Å². The van der Waals surface area contributed by atoms with Crippen LogP contribution in [0.3, 0.4) is 0 Å². The Morgan fingerprint density at radius 2 is 1.32 bits per heavy atom. The Hall–Kier alpha value is -2.60. The summed E-state index contributed by atoms with van der Waals surface area (Å²) in [7, 11) is 2.90. The second-order valence-electron chi connectivity index (χ2n) is 6.88. The fourth-order valence-corrected chi connectivity index (χ4v) is 2.22. The summed E-state index contributed by atoms with van der Waals surface area (Å²) in [5.41, 5.74) is 0.976. The molecule has 0 aromatic carbocycles. The van der Waals surface area contributed by atoms with E-state index in [1.165, 1.54) is 40.4 Å². The van der Waals surface area contributed by atoms with Gasteiger partial charge in [-0.3, -0.25) is 24.0 Å². The second kappa shape index (κ2) is 23.8. The van der Waals surface area contributed by atoms with Gasteiger partial charge in [0.25, 0.3) is 5.91 Å². The molecular formula is C25H38ClMgN5O5. The largest absolute Gasteiger partial charge is 2.00 e. The van der Waals surface area contributed by atoms with E-state index < -0.39 is 0 Å². The average molecular weight is 548 g/mol. The van der Waals surface area contributed by atoms with Crippen LogP contribution in [-0.4, -0.2) is 75.7 Å². The number of Topliss-reactive ketones (excluding diaryl/α,β-unsaturated/α-hetero) is 1. The molecule has 0 bridgehead atoms. The topological polar surface area (TPSA) is 131 Å². The number of halogens is 1.